The number of hydrogen-bond donors (Lipinski definition) is 1. The van der Waals surface area contributed by atoms with E-state index in [1.54, 1.807) is 24.3 Å². The molecule has 0 radical (unpaired) electrons. The summed E-state index contributed by atoms with van der Waals surface area (Å²) in [6.45, 7) is 8.87. The standard InChI is InChI=1S/C32H32N2O5S/c1-5-7-16-39-24-15-13-22(18-25(24)38-6-2)28-27(29(35)21-11-8-19(3)9-12-21)30(36)31(37)34(28)32-33-23-14-10-20(4)17-26(23)40-32/h8-15,17-18,28,35H,5-7,16H2,1-4H3/b29-27+. The number of ether oxygens (including phenoxy) is 2. The molecule has 1 aromatic heterocycles. The van der Waals surface area contributed by atoms with Crippen molar-refractivity contribution in [3.05, 3.63) is 88.5 Å². The number of aliphatic hydroxyl groups is 1. The molecule has 0 saturated carbocycles. The van der Waals surface area contributed by atoms with Gasteiger partial charge in [0.15, 0.2) is 16.6 Å². The first kappa shape index (κ1) is 27.4. The van der Waals surface area contributed by atoms with Crippen LogP contribution < -0.4 is 14.4 Å². The van der Waals surface area contributed by atoms with Gasteiger partial charge in [0, 0.05) is 5.56 Å². The number of aromatic nitrogens is 1. The van der Waals surface area contributed by atoms with Crippen LogP contribution in [0.2, 0.25) is 0 Å². The number of aryl methyl sites for hydroxylation is 2. The maximum Gasteiger partial charge on any atom is 0.301 e. The highest BCUT2D eigenvalue weighted by atomic mass is 32.1. The Morgan fingerprint density at radius 3 is 2.42 bits per heavy atom. The number of amides is 1. The van der Waals surface area contributed by atoms with Crippen molar-refractivity contribution in [3.63, 3.8) is 0 Å². The van der Waals surface area contributed by atoms with Crippen molar-refractivity contribution in [1.29, 1.82) is 0 Å². The van der Waals surface area contributed by atoms with Crippen LogP contribution in [0.1, 0.15) is 55.0 Å². The molecule has 4 aromatic rings. The minimum absolute atomic E-state index is 0.00592. The Bertz CT molecular complexity index is 1610. The lowest BCUT2D eigenvalue weighted by molar-refractivity contribution is -0.132. The van der Waals surface area contributed by atoms with Gasteiger partial charge in [-0.2, -0.15) is 0 Å². The lowest BCUT2D eigenvalue weighted by Gasteiger charge is -2.24. The number of rotatable bonds is 9. The van der Waals surface area contributed by atoms with Crippen molar-refractivity contribution in [2.45, 2.75) is 46.6 Å². The van der Waals surface area contributed by atoms with Gasteiger partial charge in [-0.25, -0.2) is 4.98 Å². The number of nitrogens with zero attached hydrogens (tertiary/aromatic N) is 2. The summed E-state index contributed by atoms with van der Waals surface area (Å²) < 4.78 is 12.8. The van der Waals surface area contributed by atoms with Gasteiger partial charge in [0.1, 0.15) is 5.76 Å². The number of thiazole rings is 1. The molecular weight excluding hydrogens is 524 g/mol. The molecule has 1 unspecified atom stereocenters. The van der Waals surface area contributed by atoms with Crippen molar-refractivity contribution < 1.29 is 24.2 Å². The normalized spacial score (nSPS) is 16.6. The van der Waals surface area contributed by atoms with Crippen LogP contribution in [0.5, 0.6) is 11.5 Å². The molecule has 1 saturated heterocycles. The van der Waals surface area contributed by atoms with Crippen LogP contribution in [0.15, 0.2) is 66.2 Å². The number of Topliss-reactive ketones (excluding diaryl/α,β-unsaturated/α-hetero) is 1. The number of anilines is 1. The highest BCUT2D eigenvalue weighted by Crippen LogP contribution is 2.46. The second-order valence-corrected chi connectivity index (χ2v) is 10.9. The molecule has 1 aliphatic rings. The summed E-state index contributed by atoms with van der Waals surface area (Å²) in [5.41, 5.74) is 3.89. The number of carbonyl (C=O) groups excluding carboxylic acids is 2. The molecule has 2 heterocycles. The Balaban J connectivity index is 1.69. The quantitative estimate of drug-likeness (QED) is 0.102. The number of hydrogen-bond acceptors (Lipinski definition) is 7. The van der Waals surface area contributed by atoms with Crippen molar-refractivity contribution >= 4 is 44.1 Å². The minimum Gasteiger partial charge on any atom is -0.507 e. The SMILES string of the molecule is CCCCOc1ccc(C2/C(=C(\O)c3ccc(C)cc3)C(=O)C(=O)N2c2nc3ccc(C)cc3s2)cc1OCC. The van der Waals surface area contributed by atoms with Crippen LogP contribution in [0.3, 0.4) is 0 Å². The minimum atomic E-state index is -0.910. The van der Waals surface area contributed by atoms with Gasteiger partial charge in [0.05, 0.1) is 35.0 Å². The summed E-state index contributed by atoms with van der Waals surface area (Å²) >= 11 is 1.34. The molecule has 7 nitrogen and oxygen atoms in total. The van der Waals surface area contributed by atoms with Gasteiger partial charge in [-0.1, -0.05) is 66.6 Å². The van der Waals surface area contributed by atoms with E-state index in [4.69, 9.17) is 14.5 Å². The van der Waals surface area contributed by atoms with Gasteiger partial charge in [0.2, 0.25) is 0 Å². The van der Waals surface area contributed by atoms with Crippen LogP contribution in [-0.2, 0) is 9.59 Å². The molecule has 3 aromatic carbocycles. The first-order valence-corrected chi connectivity index (χ1v) is 14.3. The lowest BCUT2D eigenvalue weighted by atomic mass is 9.95. The molecule has 0 spiro atoms. The zero-order valence-corrected chi connectivity index (χ0v) is 23.9. The number of benzene rings is 3. The number of fused-ring (bicyclic) bond motifs is 1. The predicted octanol–water partition coefficient (Wildman–Crippen LogP) is 7.12. The molecule has 0 bridgehead atoms. The molecule has 1 N–H and O–H groups in total. The molecule has 5 rings (SSSR count). The van der Waals surface area contributed by atoms with E-state index in [1.807, 2.05) is 57.2 Å². The van der Waals surface area contributed by atoms with Gasteiger partial charge in [-0.15, -0.1) is 0 Å². The molecule has 40 heavy (non-hydrogen) atoms. The number of ketones is 1. The van der Waals surface area contributed by atoms with Crippen molar-refractivity contribution in [2.24, 2.45) is 0 Å². The Labute approximate surface area is 237 Å². The second kappa shape index (κ2) is 11.5. The maximum absolute atomic E-state index is 13.6. The summed E-state index contributed by atoms with van der Waals surface area (Å²) in [5, 5.41) is 11.8. The van der Waals surface area contributed by atoms with E-state index >= 15 is 0 Å². The van der Waals surface area contributed by atoms with Crippen LogP contribution in [0, 0.1) is 13.8 Å². The molecular formula is C32H32N2O5S. The average Bonchev–Trinajstić information content (AvgIpc) is 3.47. The van der Waals surface area contributed by atoms with Crippen molar-refractivity contribution in [3.8, 4) is 11.5 Å². The van der Waals surface area contributed by atoms with E-state index in [0.717, 1.165) is 34.2 Å². The fourth-order valence-corrected chi connectivity index (χ4v) is 5.83. The largest absolute Gasteiger partial charge is 0.507 e. The fourth-order valence-electron chi connectivity index (χ4n) is 4.74. The van der Waals surface area contributed by atoms with Gasteiger partial charge < -0.3 is 14.6 Å². The molecule has 1 fully saturated rings. The molecule has 8 heteroatoms. The Morgan fingerprint density at radius 1 is 0.950 bits per heavy atom. The number of aliphatic hydroxyl groups excluding tert-OH is 1. The topological polar surface area (TPSA) is 89.0 Å². The highest BCUT2D eigenvalue weighted by Gasteiger charge is 2.48. The summed E-state index contributed by atoms with van der Waals surface area (Å²) in [6.07, 6.45) is 1.90. The van der Waals surface area contributed by atoms with Crippen LogP contribution >= 0.6 is 11.3 Å². The Kier molecular flexibility index (Phi) is 7.89. The summed E-state index contributed by atoms with van der Waals surface area (Å²) in [4.78, 5) is 33.3. The summed E-state index contributed by atoms with van der Waals surface area (Å²) in [5.74, 6) is -0.638. The van der Waals surface area contributed by atoms with Gasteiger partial charge in [0.25, 0.3) is 5.78 Å². The predicted molar refractivity (Wildman–Crippen MR) is 158 cm³/mol. The third-order valence-electron chi connectivity index (χ3n) is 6.85. The van der Waals surface area contributed by atoms with Crippen molar-refractivity contribution in [2.75, 3.05) is 18.1 Å². The molecule has 1 amide bonds. The third kappa shape index (κ3) is 5.19. The van der Waals surface area contributed by atoms with Gasteiger partial charge >= 0.3 is 5.91 Å². The monoisotopic (exact) mass is 556 g/mol. The van der Waals surface area contributed by atoms with Crippen LogP contribution in [0.25, 0.3) is 16.0 Å². The van der Waals surface area contributed by atoms with E-state index < -0.39 is 17.7 Å². The summed E-state index contributed by atoms with van der Waals surface area (Å²) in [7, 11) is 0. The van der Waals surface area contributed by atoms with E-state index in [9.17, 15) is 14.7 Å². The first-order valence-electron chi connectivity index (χ1n) is 13.5. The fraction of sp³-hybridized carbons (Fsp3) is 0.281. The highest BCUT2D eigenvalue weighted by molar-refractivity contribution is 7.22. The van der Waals surface area contributed by atoms with Gasteiger partial charge in [-0.3, -0.25) is 14.5 Å². The molecule has 1 aliphatic heterocycles. The van der Waals surface area contributed by atoms with Crippen LogP contribution in [-0.4, -0.2) is 35.0 Å². The van der Waals surface area contributed by atoms with E-state index in [0.29, 0.717) is 41.0 Å². The first-order chi connectivity index (χ1) is 19.3. The lowest BCUT2D eigenvalue weighted by Crippen LogP contribution is -2.29. The van der Waals surface area contributed by atoms with E-state index in [1.165, 1.54) is 16.2 Å². The van der Waals surface area contributed by atoms with Crippen LogP contribution in [0.4, 0.5) is 5.13 Å². The zero-order chi connectivity index (χ0) is 28.4. The molecule has 206 valence electrons. The Morgan fingerprint density at radius 2 is 1.70 bits per heavy atom. The van der Waals surface area contributed by atoms with Crippen molar-refractivity contribution in [1.82, 2.24) is 4.98 Å². The van der Waals surface area contributed by atoms with Gasteiger partial charge in [-0.05, 0) is 62.6 Å². The second-order valence-electron chi connectivity index (χ2n) is 9.84. The molecule has 0 aliphatic carbocycles. The van der Waals surface area contributed by atoms with E-state index in [2.05, 4.69) is 6.92 Å². The maximum atomic E-state index is 13.6. The smallest absolute Gasteiger partial charge is 0.301 e. The van der Waals surface area contributed by atoms with E-state index in [-0.39, 0.29) is 11.3 Å². The zero-order valence-electron chi connectivity index (χ0n) is 23.1. The molecule has 1 atom stereocenters. The number of unbranched alkanes of at least 4 members (excludes halogenated alkanes) is 1. The third-order valence-corrected chi connectivity index (χ3v) is 7.86. The number of carbonyl (C=O) groups is 2. The summed E-state index contributed by atoms with van der Waals surface area (Å²) in [6, 6.07) is 17.5. The Hall–Kier alpha value is -4.17. The average molecular weight is 557 g/mol.